The quantitative estimate of drug-likeness (QED) is 0.149. The Labute approximate surface area is 96.3 Å². The first-order valence-corrected chi connectivity index (χ1v) is 4.60. The summed E-state index contributed by atoms with van der Waals surface area (Å²) in [5.41, 5.74) is 16.3. The van der Waals surface area contributed by atoms with Gasteiger partial charge in [-0.25, -0.2) is 10.1 Å². The highest BCUT2D eigenvalue weighted by atomic mass is 16.7. The highest BCUT2D eigenvalue weighted by Gasteiger charge is 2.15. The van der Waals surface area contributed by atoms with Crippen LogP contribution in [-0.2, 0) is 4.74 Å². The van der Waals surface area contributed by atoms with E-state index in [0.717, 1.165) is 5.01 Å². The second-order valence-electron chi connectivity index (χ2n) is 2.97. The van der Waals surface area contributed by atoms with Crippen molar-refractivity contribution in [1.29, 1.82) is 0 Å². The van der Waals surface area contributed by atoms with Crippen LogP contribution in [0.15, 0.2) is 10.2 Å². The third-order valence-corrected chi connectivity index (χ3v) is 1.68. The van der Waals surface area contributed by atoms with Crippen LogP contribution in [0.5, 0.6) is 0 Å². The zero-order valence-corrected chi connectivity index (χ0v) is 9.21. The molecule has 0 aromatic heterocycles. The maximum Gasteiger partial charge on any atom is 0.159 e. The lowest BCUT2D eigenvalue weighted by Crippen LogP contribution is -2.35. The molecule has 0 aliphatic rings. The Morgan fingerprint density at radius 1 is 1.53 bits per heavy atom. The normalized spacial score (nSPS) is 10.9. The summed E-state index contributed by atoms with van der Waals surface area (Å²) >= 11 is 0. The fourth-order valence-electron chi connectivity index (χ4n) is 0.937. The van der Waals surface area contributed by atoms with Gasteiger partial charge in [-0.15, -0.1) is 5.01 Å². The predicted molar refractivity (Wildman–Crippen MR) is 57.4 cm³/mol. The molecule has 0 heterocycles. The van der Waals surface area contributed by atoms with Crippen LogP contribution in [0, 0.1) is 10.1 Å². The number of rotatable bonds is 9. The Bertz CT molecular complexity index is 334. The summed E-state index contributed by atoms with van der Waals surface area (Å²) in [5, 5.41) is 17.2. The molecule has 0 fully saturated rings. The van der Waals surface area contributed by atoms with Gasteiger partial charge in [0, 0.05) is 16.4 Å². The summed E-state index contributed by atoms with van der Waals surface area (Å²) in [7, 11) is 1.26. The third-order valence-electron chi connectivity index (χ3n) is 1.68. The standard InChI is InChI=1S/C6H12N8O3/c1-13(14(15)16)4-6(10-12-8)5-17-3-2-9-11-7/h6H,2-5H2,1H3. The molecule has 0 aromatic carbocycles. The largest absolute Gasteiger partial charge is 0.381 e. The first kappa shape index (κ1) is 14.8. The SMILES string of the molecule is CN(CC(COCCN=[N+]=[N-])N=[N+]=[N-])[N+](=O)[O-]. The maximum atomic E-state index is 10.4. The summed E-state index contributed by atoms with van der Waals surface area (Å²) in [6.45, 7) is 0.302. The molecular formula is C6H12N8O3. The van der Waals surface area contributed by atoms with Crippen molar-refractivity contribution in [3.63, 3.8) is 0 Å². The van der Waals surface area contributed by atoms with Crippen LogP contribution in [0.1, 0.15) is 0 Å². The second-order valence-corrected chi connectivity index (χ2v) is 2.97. The van der Waals surface area contributed by atoms with E-state index in [1.54, 1.807) is 0 Å². The fraction of sp³-hybridized carbons (Fsp3) is 1.00. The van der Waals surface area contributed by atoms with Crippen molar-refractivity contribution in [3.05, 3.63) is 31.0 Å². The van der Waals surface area contributed by atoms with Crippen molar-refractivity contribution in [2.45, 2.75) is 6.04 Å². The molecule has 0 spiro atoms. The molecular weight excluding hydrogens is 232 g/mol. The monoisotopic (exact) mass is 244 g/mol. The molecule has 0 amide bonds. The molecule has 0 aliphatic carbocycles. The molecule has 11 heteroatoms. The highest BCUT2D eigenvalue weighted by Crippen LogP contribution is 1.97. The number of azide groups is 2. The van der Waals surface area contributed by atoms with Gasteiger partial charge in [0.15, 0.2) is 5.03 Å². The van der Waals surface area contributed by atoms with Gasteiger partial charge in [0.05, 0.1) is 32.8 Å². The zero-order chi connectivity index (χ0) is 13.1. The molecule has 1 unspecified atom stereocenters. The molecule has 0 radical (unpaired) electrons. The van der Waals surface area contributed by atoms with Gasteiger partial charge in [0.1, 0.15) is 0 Å². The van der Waals surface area contributed by atoms with E-state index in [1.165, 1.54) is 7.05 Å². The van der Waals surface area contributed by atoms with E-state index in [4.69, 9.17) is 15.8 Å². The number of hydrazine groups is 1. The summed E-state index contributed by atoms with van der Waals surface area (Å²) < 4.78 is 5.05. The van der Waals surface area contributed by atoms with Crippen molar-refractivity contribution in [1.82, 2.24) is 5.01 Å². The molecule has 0 rings (SSSR count). The van der Waals surface area contributed by atoms with Crippen LogP contribution in [0.2, 0.25) is 0 Å². The molecule has 0 aliphatic heterocycles. The number of ether oxygens (including phenoxy) is 1. The number of likely N-dealkylation sites (N-methyl/N-ethyl adjacent to an activating group) is 1. The lowest BCUT2D eigenvalue weighted by molar-refractivity contribution is -0.649. The Balaban J connectivity index is 4.02. The first-order valence-electron chi connectivity index (χ1n) is 4.60. The minimum atomic E-state index is -0.665. The third kappa shape index (κ3) is 7.68. The van der Waals surface area contributed by atoms with Gasteiger partial charge in [-0.1, -0.05) is 10.2 Å². The lowest BCUT2D eigenvalue weighted by atomic mass is 10.3. The van der Waals surface area contributed by atoms with Crippen molar-refractivity contribution >= 4 is 0 Å². The van der Waals surface area contributed by atoms with Crippen molar-refractivity contribution in [2.24, 2.45) is 10.2 Å². The minimum Gasteiger partial charge on any atom is -0.381 e. The van der Waals surface area contributed by atoms with Gasteiger partial charge >= 0.3 is 0 Å². The van der Waals surface area contributed by atoms with Crippen LogP contribution in [0.3, 0.4) is 0 Å². The molecule has 0 bridgehead atoms. The zero-order valence-electron chi connectivity index (χ0n) is 9.21. The summed E-state index contributed by atoms with van der Waals surface area (Å²) in [6, 6.07) is -0.665. The van der Waals surface area contributed by atoms with Gasteiger partial charge in [-0.2, -0.15) is 0 Å². The first-order chi connectivity index (χ1) is 8.11. The van der Waals surface area contributed by atoms with Crippen LogP contribution in [0.25, 0.3) is 20.9 Å². The number of nitro groups is 1. The average molecular weight is 244 g/mol. The Kier molecular flexibility index (Phi) is 7.86. The van der Waals surface area contributed by atoms with E-state index in [9.17, 15) is 10.1 Å². The summed E-state index contributed by atoms with van der Waals surface area (Å²) in [5.74, 6) is 0. The predicted octanol–water partition coefficient (Wildman–Crippen LogP) is 1.12. The Morgan fingerprint density at radius 2 is 2.24 bits per heavy atom. The highest BCUT2D eigenvalue weighted by molar-refractivity contribution is 4.68. The molecule has 0 saturated heterocycles. The molecule has 1 atom stereocenters. The van der Waals surface area contributed by atoms with E-state index < -0.39 is 11.1 Å². The van der Waals surface area contributed by atoms with E-state index in [2.05, 4.69) is 20.1 Å². The number of nitrogens with zero attached hydrogens (tertiary/aromatic N) is 8. The van der Waals surface area contributed by atoms with Crippen LogP contribution < -0.4 is 0 Å². The molecule has 17 heavy (non-hydrogen) atoms. The van der Waals surface area contributed by atoms with Gasteiger partial charge < -0.3 is 4.74 Å². The smallest absolute Gasteiger partial charge is 0.159 e. The van der Waals surface area contributed by atoms with E-state index in [0.29, 0.717) is 0 Å². The minimum absolute atomic E-state index is 0.0309. The van der Waals surface area contributed by atoms with Gasteiger partial charge in [-0.3, -0.25) is 0 Å². The van der Waals surface area contributed by atoms with E-state index >= 15 is 0 Å². The van der Waals surface area contributed by atoms with Gasteiger partial charge in [0.25, 0.3) is 0 Å². The van der Waals surface area contributed by atoms with Crippen LogP contribution in [-0.4, -0.2) is 49.4 Å². The molecule has 0 N–H and O–H groups in total. The van der Waals surface area contributed by atoms with Gasteiger partial charge in [0.2, 0.25) is 0 Å². The number of hydrogen-bond donors (Lipinski definition) is 0. The summed E-state index contributed by atoms with van der Waals surface area (Å²) in [6.07, 6.45) is 0. The molecule has 94 valence electrons. The molecule has 11 nitrogen and oxygen atoms in total. The number of hydrogen-bond acceptors (Lipinski definition) is 5. The van der Waals surface area contributed by atoms with Crippen molar-refractivity contribution in [2.75, 3.05) is 33.4 Å². The van der Waals surface area contributed by atoms with Crippen molar-refractivity contribution in [3.8, 4) is 0 Å². The summed E-state index contributed by atoms with van der Waals surface area (Å²) in [4.78, 5) is 15.5. The van der Waals surface area contributed by atoms with Crippen molar-refractivity contribution < 1.29 is 9.77 Å². The second kappa shape index (κ2) is 9.04. The topological polar surface area (TPSA) is 153 Å². The average Bonchev–Trinajstić information content (AvgIpc) is 2.28. The van der Waals surface area contributed by atoms with Crippen LogP contribution in [0.4, 0.5) is 0 Å². The lowest BCUT2D eigenvalue weighted by Gasteiger charge is -2.14. The van der Waals surface area contributed by atoms with E-state index in [-0.39, 0.29) is 26.3 Å². The van der Waals surface area contributed by atoms with Crippen LogP contribution >= 0.6 is 0 Å². The maximum absolute atomic E-state index is 10.4. The Hall–Kier alpha value is -2.22. The van der Waals surface area contributed by atoms with Gasteiger partial charge in [-0.05, 0) is 11.1 Å². The Morgan fingerprint density at radius 3 is 2.76 bits per heavy atom. The van der Waals surface area contributed by atoms with E-state index in [1.807, 2.05) is 0 Å². The molecule has 0 aromatic rings. The fourth-order valence-corrected chi connectivity index (χ4v) is 0.937. The molecule has 0 saturated carbocycles.